The molecule has 11 heteroatoms. The van der Waals surface area contributed by atoms with Crippen LogP contribution < -0.4 is 0 Å². The molecule has 112 valence electrons. The molecule has 0 heterocycles. The van der Waals surface area contributed by atoms with Crippen LogP contribution >= 0.6 is 0 Å². The molecule has 0 aliphatic carbocycles. The SMILES string of the molecule is COC.COC(F)(F)C(F)(C(F)(F)F)C(F)(F)F. The zero-order valence-electron chi connectivity index (χ0n) is 9.22. The van der Waals surface area contributed by atoms with Gasteiger partial charge in [-0.3, -0.25) is 0 Å². The first-order chi connectivity index (χ1) is 7.72. The zero-order valence-corrected chi connectivity index (χ0v) is 9.22. The van der Waals surface area contributed by atoms with E-state index in [2.05, 4.69) is 9.47 Å². The Morgan fingerprint density at radius 3 is 0.889 bits per heavy atom. The monoisotopic (exact) mass is 296 g/mol. The van der Waals surface area contributed by atoms with Crippen LogP contribution in [-0.4, -0.2) is 45.5 Å². The number of halogens is 9. The van der Waals surface area contributed by atoms with Crippen molar-refractivity contribution in [3.05, 3.63) is 0 Å². The maximum absolute atomic E-state index is 12.5. The van der Waals surface area contributed by atoms with Gasteiger partial charge in [-0.2, -0.15) is 35.1 Å². The van der Waals surface area contributed by atoms with Gasteiger partial charge in [0.05, 0.1) is 0 Å². The van der Waals surface area contributed by atoms with E-state index in [0.717, 1.165) is 0 Å². The summed E-state index contributed by atoms with van der Waals surface area (Å²) in [7, 11) is 3.08. The summed E-state index contributed by atoms with van der Waals surface area (Å²) in [5, 5.41) is 0. The number of ether oxygens (including phenoxy) is 2. The Morgan fingerprint density at radius 2 is 0.833 bits per heavy atom. The second kappa shape index (κ2) is 5.95. The Bertz CT molecular complexity index is 230. The lowest BCUT2D eigenvalue weighted by Gasteiger charge is -2.34. The Balaban J connectivity index is 0. The number of alkyl halides is 9. The Morgan fingerprint density at radius 1 is 0.611 bits per heavy atom. The third kappa shape index (κ3) is 3.64. The van der Waals surface area contributed by atoms with E-state index >= 15 is 0 Å². The summed E-state index contributed by atoms with van der Waals surface area (Å²) in [6.45, 7) is 0. The molecule has 0 radical (unpaired) electrons. The summed E-state index contributed by atoms with van der Waals surface area (Å²) < 4.78 is 113. The number of hydrogen-bond acceptors (Lipinski definition) is 2. The van der Waals surface area contributed by atoms with E-state index in [1.807, 2.05) is 0 Å². The summed E-state index contributed by atoms with van der Waals surface area (Å²) in [5.41, 5.74) is -6.73. The van der Waals surface area contributed by atoms with Gasteiger partial charge in [-0.25, -0.2) is 4.39 Å². The predicted molar refractivity (Wildman–Crippen MR) is 40.8 cm³/mol. The summed E-state index contributed by atoms with van der Waals surface area (Å²) in [6.07, 6.45) is -19.7. The summed E-state index contributed by atoms with van der Waals surface area (Å²) in [6, 6.07) is 0. The lowest BCUT2D eigenvalue weighted by molar-refractivity contribution is -0.445. The highest BCUT2D eigenvalue weighted by Gasteiger charge is 2.85. The van der Waals surface area contributed by atoms with Crippen molar-refractivity contribution >= 4 is 0 Å². The van der Waals surface area contributed by atoms with Gasteiger partial charge >= 0.3 is 24.1 Å². The van der Waals surface area contributed by atoms with Crippen LogP contribution in [0.4, 0.5) is 39.5 Å². The molecule has 0 N–H and O–H groups in total. The minimum Gasteiger partial charge on any atom is -0.388 e. The molecule has 0 aliphatic heterocycles. The molecule has 0 rings (SSSR count). The fourth-order valence-electron chi connectivity index (χ4n) is 0.631. The fraction of sp³-hybridized carbons (Fsp3) is 1.00. The van der Waals surface area contributed by atoms with Crippen molar-refractivity contribution in [1.29, 1.82) is 0 Å². The standard InChI is InChI=1S/C5H3F9O.C2H6O/c1-15-5(13,14)2(6,3(7,8)9)4(10,11)12;1-3-2/h1H3;1-2H3. The fourth-order valence-corrected chi connectivity index (χ4v) is 0.631. The third-order valence-electron chi connectivity index (χ3n) is 1.44. The van der Waals surface area contributed by atoms with E-state index in [1.165, 1.54) is 0 Å². The minimum absolute atomic E-state index is 0.175. The Labute approximate surface area is 95.7 Å². The highest BCUT2D eigenvalue weighted by molar-refractivity contribution is 5.01. The molecule has 0 aromatic heterocycles. The van der Waals surface area contributed by atoms with Crippen molar-refractivity contribution < 1.29 is 49.0 Å². The van der Waals surface area contributed by atoms with Crippen LogP contribution in [0.2, 0.25) is 0 Å². The van der Waals surface area contributed by atoms with E-state index in [0.29, 0.717) is 0 Å². The van der Waals surface area contributed by atoms with Crippen LogP contribution in [0.5, 0.6) is 0 Å². The lowest BCUT2D eigenvalue weighted by atomic mass is 10.0. The molecule has 0 aliphatic rings. The molecule has 0 saturated carbocycles. The molecule has 0 spiro atoms. The molecule has 0 atom stereocenters. The van der Waals surface area contributed by atoms with Crippen LogP contribution in [0.1, 0.15) is 0 Å². The van der Waals surface area contributed by atoms with Gasteiger partial charge < -0.3 is 9.47 Å². The Kier molecular flexibility index (Phi) is 6.49. The number of hydrogen-bond donors (Lipinski definition) is 0. The quantitative estimate of drug-likeness (QED) is 0.728. The van der Waals surface area contributed by atoms with Gasteiger partial charge in [0.2, 0.25) is 0 Å². The molecule has 0 unspecified atom stereocenters. The largest absolute Gasteiger partial charge is 0.440 e. The second-order valence-corrected chi connectivity index (χ2v) is 2.78. The first-order valence-electron chi connectivity index (χ1n) is 3.88. The average molecular weight is 296 g/mol. The molecule has 0 aromatic carbocycles. The van der Waals surface area contributed by atoms with Crippen molar-refractivity contribution in [2.24, 2.45) is 0 Å². The highest BCUT2D eigenvalue weighted by Crippen LogP contribution is 2.54. The minimum atomic E-state index is -6.84. The van der Waals surface area contributed by atoms with Crippen LogP contribution in [0.25, 0.3) is 0 Å². The number of rotatable bonds is 2. The Hall–Kier alpha value is -0.710. The van der Waals surface area contributed by atoms with Crippen LogP contribution in [0.3, 0.4) is 0 Å². The number of methoxy groups -OCH3 is 2. The van der Waals surface area contributed by atoms with Gasteiger partial charge in [0.25, 0.3) is 0 Å². The maximum atomic E-state index is 12.5. The molecule has 18 heavy (non-hydrogen) atoms. The normalized spacial score (nSPS) is 14.0. The third-order valence-corrected chi connectivity index (χ3v) is 1.44. The van der Waals surface area contributed by atoms with Gasteiger partial charge in [0.1, 0.15) is 0 Å². The first kappa shape index (κ1) is 19.6. The van der Waals surface area contributed by atoms with E-state index in [1.54, 1.807) is 14.2 Å². The molecule has 0 amide bonds. The molecule has 0 fully saturated rings. The van der Waals surface area contributed by atoms with Crippen molar-refractivity contribution in [2.45, 2.75) is 24.1 Å². The van der Waals surface area contributed by atoms with Crippen molar-refractivity contribution in [1.82, 2.24) is 0 Å². The van der Waals surface area contributed by atoms with Crippen molar-refractivity contribution in [3.8, 4) is 0 Å². The molecule has 2 nitrogen and oxygen atoms in total. The van der Waals surface area contributed by atoms with Crippen molar-refractivity contribution in [3.63, 3.8) is 0 Å². The van der Waals surface area contributed by atoms with Gasteiger partial charge in [-0.15, -0.1) is 0 Å². The smallest absolute Gasteiger partial charge is 0.388 e. The predicted octanol–water partition coefficient (Wildman–Crippen LogP) is 3.32. The van der Waals surface area contributed by atoms with E-state index in [-0.39, 0.29) is 7.11 Å². The van der Waals surface area contributed by atoms with Crippen LogP contribution in [0.15, 0.2) is 0 Å². The average Bonchev–Trinajstić information content (AvgIpc) is 2.14. The van der Waals surface area contributed by atoms with E-state index in [4.69, 9.17) is 0 Å². The van der Waals surface area contributed by atoms with Gasteiger partial charge in [-0.1, -0.05) is 0 Å². The topological polar surface area (TPSA) is 18.5 Å². The molecular weight excluding hydrogens is 287 g/mol. The summed E-state index contributed by atoms with van der Waals surface area (Å²) in [5.74, 6) is 0. The van der Waals surface area contributed by atoms with Gasteiger partial charge in [-0.05, 0) is 0 Å². The van der Waals surface area contributed by atoms with Crippen LogP contribution in [0, 0.1) is 0 Å². The lowest BCUT2D eigenvalue weighted by Crippen LogP contribution is -2.65. The summed E-state index contributed by atoms with van der Waals surface area (Å²) >= 11 is 0. The van der Waals surface area contributed by atoms with E-state index < -0.39 is 24.1 Å². The molecule has 0 bridgehead atoms. The highest BCUT2D eigenvalue weighted by atomic mass is 19.4. The molecular formula is C7H9F9O2. The molecule has 0 aromatic rings. The maximum Gasteiger partial charge on any atom is 0.440 e. The van der Waals surface area contributed by atoms with Gasteiger partial charge in [0, 0.05) is 21.3 Å². The molecule has 0 saturated heterocycles. The van der Waals surface area contributed by atoms with E-state index in [9.17, 15) is 39.5 Å². The van der Waals surface area contributed by atoms with Gasteiger partial charge in [0.15, 0.2) is 0 Å². The van der Waals surface area contributed by atoms with Crippen molar-refractivity contribution in [2.75, 3.05) is 21.3 Å². The first-order valence-corrected chi connectivity index (χ1v) is 3.88. The van der Waals surface area contributed by atoms with Crippen LogP contribution in [-0.2, 0) is 9.47 Å². The summed E-state index contributed by atoms with van der Waals surface area (Å²) in [4.78, 5) is 0. The second-order valence-electron chi connectivity index (χ2n) is 2.78. The zero-order chi connectivity index (χ0) is 15.4.